The number of imide groups is 1. The van der Waals surface area contributed by atoms with Gasteiger partial charge in [-0.15, -0.1) is 0 Å². The fourth-order valence-corrected chi connectivity index (χ4v) is 3.61. The van der Waals surface area contributed by atoms with Crippen LogP contribution in [0, 0.1) is 0 Å². The van der Waals surface area contributed by atoms with Crippen LogP contribution in [-0.2, 0) is 15.1 Å². The van der Waals surface area contributed by atoms with Gasteiger partial charge >= 0.3 is 6.03 Å². The predicted octanol–water partition coefficient (Wildman–Crippen LogP) is 3.08. The van der Waals surface area contributed by atoms with Crippen LogP contribution in [0.4, 0.5) is 10.5 Å². The zero-order valence-corrected chi connectivity index (χ0v) is 16.4. The number of nitrogens with one attached hydrogen (secondary N) is 2. The lowest BCUT2D eigenvalue weighted by Crippen LogP contribution is -2.44. The molecule has 2 aromatic carbocycles. The molecule has 2 N–H and O–H groups in total. The first kappa shape index (κ1) is 20.3. The van der Waals surface area contributed by atoms with E-state index in [1.807, 2.05) is 13.0 Å². The smallest absolute Gasteiger partial charge is 0.324 e. The number of anilines is 1. The van der Waals surface area contributed by atoms with Crippen LogP contribution in [0.15, 0.2) is 54.6 Å². The summed E-state index contributed by atoms with van der Waals surface area (Å²) in [5.74, 6) is -1.20. The number of para-hydroxylation sites is 1. The Hall–Kier alpha value is -3.48. The number of Topliss-reactive ketones (excluding diaryl/α,β-unsaturated/α-hetero) is 1. The molecule has 0 saturated carbocycles. The fourth-order valence-electron chi connectivity index (χ4n) is 3.61. The van der Waals surface area contributed by atoms with Gasteiger partial charge in [0.05, 0.1) is 5.69 Å². The molecule has 1 fully saturated rings. The molecule has 1 aliphatic rings. The minimum atomic E-state index is -1.18. The first-order valence-corrected chi connectivity index (χ1v) is 9.48. The zero-order valence-electron chi connectivity index (χ0n) is 16.4. The van der Waals surface area contributed by atoms with E-state index in [0.29, 0.717) is 29.7 Å². The normalized spacial score (nSPS) is 18.5. The molecular weight excluding hydrogens is 370 g/mol. The summed E-state index contributed by atoms with van der Waals surface area (Å²) >= 11 is 0. The van der Waals surface area contributed by atoms with Crippen molar-refractivity contribution < 1.29 is 19.2 Å². The van der Waals surface area contributed by atoms with Crippen LogP contribution in [0.3, 0.4) is 0 Å². The molecule has 1 heterocycles. The average Bonchev–Trinajstić information content (AvgIpc) is 2.94. The lowest BCUT2D eigenvalue weighted by molar-refractivity contribution is -0.134. The Kier molecular flexibility index (Phi) is 5.77. The van der Waals surface area contributed by atoms with Gasteiger partial charge in [-0.25, -0.2) is 4.79 Å². The van der Waals surface area contributed by atoms with E-state index >= 15 is 0 Å². The highest BCUT2D eigenvalue weighted by molar-refractivity contribution is 6.11. The van der Waals surface area contributed by atoms with Crippen molar-refractivity contribution in [2.75, 3.05) is 11.9 Å². The van der Waals surface area contributed by atoms with Gasteiger partial charge in [0.25, 0.3) is 5.91 Å². The lowest BCUT2D eigenvalue weighted by atomic mass is 9.85. The van der Waals surface area contributed by atoms with Gasteiger partial charge in [0.2, 0.25) is 5.91 Å². The number of rotatable bonds is 7. The number of hydrogen-bond acceptors (Lipinski definition) is 4. The van der Waals surface area contributed by atoms with Crippen molar-refractivity contribution in [2.45, 2.75) is 32.2 Å². The lowest BCUT2D eigenvalue weighted by Gasteiger charge is -2.26. The van der Waals surface area contributed by atoms with E-state index in [4.69, 9.17) is 0 Å². The Morgan fingerprint density at radius 3 is 2.34 bits per heavy atom. The van der Waals surface area contributed by atoms with Gasteiger partial charge in [0.15, 0.2) is 5.78 Å². The van der Waals surface area contributed by atoms with Gasteiger partial charge in [-0.3, -0.25) is 19.3 Å². The van der Waals surface area contributed by atoms with Crippen LogP contribution in [0.2, 0.25) is 0 Å². The number of carbonyl (C=O) groups is 4. The summed E-state index contributed by atoms with van der Waals surface area (Å²) in [5, 5.41) is 5.41. The quantitative estimate of drug-likeness (QED) is 0.558. The van der Waals surface area contributed by atoms with E-state index in [1.165, 1.54) is 6.92 Å². The van der Waals surface area contributed by atoms with Crippen LogP contribution in [-0.4, -0.2) is 35.1 Å². The third-order valence-corrected chi connectivity index (χ3v) is 4.95. The highest BCUT2D eigenvalue weighted by Gasteiger charge is 2.52. The van der Waals surface area contributed by atoms with Gasteiger partial charge in [-0.05, 0) is 31.0 Å². The Morgan fingerprint density at radius 1 is 1.03 bits per heavy atom. The standard InChI is InChI=1S/C22H23N3O4/c1-3-13-22(16-9-5-4-6-10-16)20(28)25(21(29)24-22)14-19(27)23-18-12-8-7-11-17(18)15(2)26/h4-12H,3,13-14H2,1-2H3,(H,23,27)(H,24,29)/t22-/m0/s1. The summed E-state index contributed by atoms with van der Waals surface area (Å²) in [5.41, 5.74) is 0.220. The van der Waals surface area contributed by atoms with Gasteiger partial charge in [-0.2, -0.15) is 0 Å². The van der Waals surface area contributed by atoms with Gasteiger partial charge < -0.3 is 10.6 Å². The number of hydrogen-bond donors (Lipinski definition) is 2. The van der Waals surface area contributed by atoms with Crippen molar-refractivity contribution in [3.8, 4) is 0 Å². The number of nitrogens with zero attached hydrogens (tertiary/aromatic N) is 1. The predicted molar refractivity (Wildman–Crippen MR) is 108 cm³/mol. The Balaban J connectivity index is 1.81. The molecule has 0 aromatic heterocycles. The van der Waals surface area contributed by atoms with E-state index in [2.05, 4.69) is 10.6 Å². The Bertz CT molecular complexity index is 958. The fraction of sp³-hybridized carbons (Fsp3) is 0.273. The average molecular weight is 393 g/mol. The van der Waals surface area contributed by atoms with Crippen molar-refractivity contribution in [2.24, 2.45) is 0 Å². The summed E-state index contributed by atoms with van der Waals surface area (Å²) < 4.78 is 0. The summed E-state index contributed by atoms with van der Waals surface area (Å²) in [6.45, 7) is 2.90. The molecule has 0 spiro atoms. The molecule has 0 radical (unpaired) electrons. The molecule has 150 valence electrons. The van der Waals surface area contributed by atoms with E-state index in [9.17, 15) is 19.2 Å². The highest BCUT2D eigenvalue weighted by Crippen LogP contribution is 2.33. The molecule has 3 rings (SSSR count). The number of carbonyl (C=O) groups excluding carboxylic acids is 4. The summed E-state index contributed by atoms with van der Waals surface area (Å²) in [7, 11) is 0. The minimum absolute atomic E-state index is 0.193. The molecule has 2 aromatic rings. The van der Waals surface area contributed by atoms with Crippen LogP contribution in [0.1, 0.15) is 42.6 Å². The second kappa shape index (κ2) is 8.26. The van der Waals surface area contributed by atoms with Crippen molar-refractivity contribution in [3.63, 3.8) is 0 Å². The molecule has 4 amide bonds. The summed E-state index contributed by atoms with van der Waals surface area (Å²) in [6.07, 6.45) is 1.10. The first-order chi connectivity index (χ1) is 13.9. The van der Waals surface area contributed by atoms with Gasteiger partial charge in [-0.1, -0.05) is 55.8 Å². The van der Waals surface area contributed by atoms with Crippen LogP contribution in [0.25, 0.3) is 0 Å². The van der Waals surface area contributed by atoms with Crippen molar-refractivity contribution >= 4 is 29.3 Å². The molecule has 1 saturated heterocycles. The van der Waals surface area contributed by atoms with Crippen molar-refractivity contribution in [1.29, 1.82) is 0 Å². The summed E-state index contributed by atoms with van der Waals surface area (Å²) in [4.78, 5) is 51.0. The van der Waals surface area contributed by atoms with Crippen LogP contribution < -0.4 is 10.6 Å². The first-order valence-electron chi connectivity index (χ1n) is 9.48. The van der Waals surface area contributed by atoms with Crippen molar-refractivity contribution in [3.05, 3.63) is 65.7 Å². The van der Waals surface area contributed by atoms with E-state index in [0.717, 1.165) is 4.90 Å². The minimum Gasteiger partial charge on any atom is -0.324 e. The molecular formula is C22H23N3O4. The number of benzene rings is 2. The maximum atomic E-state index is 13.2. The number of amides is 4. The topological polar surface area (TPSA) is 95.6 Å². The Morgan fingerprint density at radius 2 is 1.69 bits per heavy atom. The van der Waals surface area contributed by atoms with Crippen LogP contribution in [0.5, 0.6) is 0 Å². The van der Waals surface area contributed by atoms with E-state index in [1.54, 1.807) is 48.5 Å². The van der Waals surface area contributed by atoms with E-state index in [-0.39, 0.29) is 5.78 Å². The Labute approximate surface area is 169 Å². The molecule has 7 nitrogen and oxygen atoms in total. The SMILES string of the molecule is CCC[C@@]1(c2ccccc2)NC(=O)N(CC(=O)Nc2ccccc2C(C)=O)C1=O. The maximum Gasteiger partial charge on any atom is 0.325 e. The van der Waals surface area contributed by atoms with Gasteiger partial charge in [0, 0.05) is 5.56 Å². The maximum absolute atomic E-state index is 13.2. The number of urea groups is 1. The molecule has 29 heavy (non-hydrogen) atoms. The third kappa shape index (κ3) is 3.89. The van der Waals surface area contributed by atoms with Crippen molar-refractivity contribution in [1.82, 2.24) is 10.2 Å². The monoisotopic (exact) mass is 393 g/mol. The third-order valence-electron chi connectivity index (χ3n) is 4.95. The molecule has 0 aliphatic carbocycles. The second-order valence-corrected chi connectivity index (χ2v) is 6.99. The molecule has 1 atom stereocenters. The van der Waals surface area contributed by atoms with Gasteiger partial charge in [0.1, 0.15) is 12.1 Å². The zero-order chi connectivity index (χ0) is 21.0. The van der Waals surface area contributed by atoms with Crippen LogP contribution >= 0.6 is 0 Å². The molecule has 1 aliphatic heterocycles. The second-order valence-electron chi connectivity index (χ2n) is 6.99. The molecule has 7 heteroatoms. The number of ketones is 1. The molecule has 0 unspecified atom stereocenters. The molecule has 0 bridgehead atoms. The van der Waals surface area contributed by atoms with E-state index < -0.39 is 29.9 Å². The largest absolute Gasteiger partial charge is 0.325 e. The summed E-state index contributed by atoms with van der Waals surface area (Å²) in [6, 6.07) is 15.0. The highest BCUT2D eigenvalue weighted by atomic mass is 16.2.